The number of benzene rings is 3. The maximum atomic E-state index is 13.3. The van der Waals surface area contributed by atoms with Crippen LogP contribution in [-0.4, -0.2) is 48.4 Å². The molecule has 1 aliphatic heterocycles. The van der Waals surface area contributed by atoms with Crippen molar-refractivity contribution < 1.29 is 19.1 Å². The van der Waals surface area contributed by atoms with Crippen molar-refractivity contribution in [2.75, 3.05) is 13.7 Å². The molecule has 0 aromatic heterocycles. The van der Waals surface area contributed by atoms with E-state index in [1.165, 1.54) is 12.7 Å². The standard InChI is InChI=1S/C29H32N2O4/c1-19(2)27(30-29(34)35-3)28(33)31-15-7-10-25(31)26(32)17-20-11-12-24-18-23(14-13-22(24)16-20)21-8-5-4-6-9-21/h4-6,8-9,11-14,16,18-19,25,27H,7,10,15,17H2,1-3H3,(H,30,34)/t25-,27-/m0/s1. The first-order chi connectivity index (χ1) is 16.9. The molecule has 3 aromatic carbocycles. The number of carbonyl (C=O) groups excluding carboxylic acids is 3. The fourth-order valence-corrected chi connectivity index (χ4v) is 4.78. The molecule has 0 radical (unpaired) electrons. The molecule has 3 aromatic rings. The van der Waals surface area contributed by atoms with Crippen molar-refractivity contribution in [2.45, 2.75) is 45.2 Å². The second-order valence-electron chi connectivity index (χ2n) is 9.45. The first-order valence-electron chi connectivity index (χ1n) is 12.1. The largest absolute Gasteiger partial charge is 0.453 e. The first-order valence-corrected chi connectivity index (χ1v) is 12.1. The molecule has 1 aliphatic rings. The maximum absolute atomic E-state index is 13.3. The van der Waals surface area contributed by atoms with E-state index in [0.29, 0.717) is 13.0 Å². The van der Waals surface area contributed by atoms with Gasteiger partial charge in [-0.3, -0.25) is 9.59 Å². The summed E-state index contributed by atoms with van der Waals surface area (Å²) < 4.78 is 4.68. The van der Waals surface area contributed by atoms with Crippen molar-refractivity contribution in [1.29, 1.82) is 0 Å². The van der Waals surface area contributed by atoms with Gasteiger partial charge in [0.2, 0.25) is 5.91 Å². The average molecular weight is 473 g/mol. The Morgan fingerprint density at radius 1 is 0.971 bits per heavy atom. The molecule has 182 valence electrons. The summed E-state index contributed by atoms with van der Waals surface area (Å²) in [4.78, 5) is 39.9. The SMILES string of the molecule is COC(=O)N[C@H](C(=O)N1CCC[C@H]1C(=O)Cc1ccc2cc(-c3ccccc3)ccc2c1)C(C)C. The van der Waals surface area contributed by atoms with E-state index in [0.717, 1.165) is 28.3 Å². The quantitative estimate of drug-likeness (QED) is 0.526. The van der Waals surface area contributed by atoms with Crippen LogP contribution in [0.15, 0.2) is 66.7 Å². The van der Waals surface area contributed by atoms with Crippen LogP contribution >= 0.6 is 0 Å². The van der Waals surface area contributed by atoms with E-state index < -0.39 is 18.2 Å². The molecule has 0 spiro atoms. The van der Waals surface area contributed by atoms with E-state index in [1.54, 1.807) is 4.90 Å². The van der Waals surface area contributed by atoms with Crippen LogP contribution in [0.3, 0.4) is 0 Å². The van der Waals surface area contributed by atoms with Crippen LogP contribution in [0.5, 0.6) is 0 Å². The van der Waals surface area contributed by atoms with Crippen molar-refractivity contribution >= 4 is 28.6 Å². The molecule has 1 fully saturated rings. The summed E-state index contributed by atoms with van der Waals surface area (Å²) in [6, 6.07) is 21.5. The molecule has 1 N–H and O–H groups in total. The average Bonchev–Trinajstić information content (AvgIpc) is 3.37. The first kappa shape index (κ1) is 24.5. The molecule has 6 heteroatoms. The molecule has 1 saturated heterocycles. The summed E-state index contributed by atoms with van der Waals surface area (Å²) in [6.45, 7) is 4.24. The van der Waals surface area contributed by atoms with Gasteiger partial charge in [-0.25, -0.2) is 4.79 Å². The number of hydrogen-bond donors (Lipinski definition) is 1. The minimum absolute atomic E-state index is 0.0247. The summed E-state index contributed by atoms with van der Waals surface area (Å²) in [5.74, 6) is -0.330. The lowest BCUT2D eigenvalue weighted by atomic mass is 9.96. The minimum atomic E-state index is -0.727. The van der Waals surface area contributed by atoms with Gasteiger partial charge in [-0.1, -0.05) is 74.5 Å². The highest BCUT2D eigenvalue weighted by atomic mass is 16.5. The van der Waals surface area contributed by atoms with E-state index in [2.05, 4.69) is 52.5 Å². The number of nitrogens with one attached hydrogen (secondary N) is 1. The molecule has 0 saturated carbocycles. The topological polar surface area (TPSA) is 75.7 Å². The summed E-state index contributed by atoms with van der Waals surface area (Å²) in [5.41, 5.74) is 3.26. The lowest BCUT2D eigenvalue weighted by Gasteiger charge is -2.30. The van der Waals surface area contributed by atoms with Crippen molar-refractivity contribution in [3.05, 3.63) is 72.3 Å². The van der Waals surface area contributed by atoms with Gasteiger partial charge in [0, 0.05) is 13.0 Å². The van der Waals surface area contributed by atoms with Crippen LogP contribution in [0.2, 0.25) is 0 Å². The molecular formula is C29H32N2O4. The Morgan fingerprint density at radius 2 is 1.69 bits per heavy atom. The number of nitrogens with zero attached hydrogens (tertiary/aromatic N) is 1. The number of amides is 2. The smallest absolute Gasteiger partial charge is 0.407 e. The Morgan fingerprint density at radius 3 is 2.40 bits per heavy atom. The Bertz CT molecular complexity index is 1220. The molecular weight excluding hydrogens is 440 g/mol. The van der Waals surface area contributed by atoms with Crippen molar-refractivity contribution in [1.82, 2.24) is 10.2 Å². The van der Waals surface area contributed by atoms with Gasteiger partial charge in [0.15, 0.2) is 5.78 Å². The van der Waals surface area contributed by atoms with Crippen LogP contribution in [-0.2, 0) is 20.7 Å². The van der Waals surface area contributed by atoms with Crippen LogP contribution in [0.25, 0.3) is 21.9 Å². The zero-order valence-corrected chi connectivity index (χ0v) is 20.5. The van der Waals surface area contributed by atoms with E-state index in [-0.39, 0.29) is 24.0 Å². The lowest BCUT2D eigenvalue weighted by molar-refractivity contribution is -0.139. The lowest BCUT2D eigenvalue weighted by Crippen LogP contribution is -2.53. The second kappa shape index (κ2) is 10.7. The molecule has 0 bridgehead atoms. The normalized spacial score (nSPS) is 16.3. The second-order valence-corrected chi connectivity index (χ2v) is 9.45. The van der Waals surface area contributed by atoms with Crippen molar-refractivity contribution in [2.24, 2.45) is 5.92 Å². The Labute approximate surface area is 206 Å². The summed E-state index contributed by atoms with van der Waals surface area (Å²) in [7, 11) is 1.27. The van der Waals surface area contributed by atoms with Gasteiger partial charge in [0.05, 0.1) is 13.2 Å². The molecule has 4 rings (SSSR count). The predicted octanol–water partition coefficient (Wildman–Crippen LogP) is 4.99. The fourth-order valence-electron chi connectivity index (χ4n) is 4.78. The minimum Gasteiger partial charge on any atom is -0.453 e. The number of alkyl carbamates (subject to hydrolysis) is 1. The highest BCUT2D eigenvalue weighted by Crippen LogP contribution is 2.27. The zero-order chi connectivity index (χ0) is 24.9. The third kappa shape index (κ3) is 5.53. The van der Waals surface area contributed by atoms with Crippen LogP contribution in [0.1, 0.15) is 32.3 Å². The highest BCUT2D eigenvalue weighted by molar-refractivity contribution is 5.94. The van der Waals surface area contributed by atoms with Gasteiger partial charge in [-0.05, 0) is 52.3 Å². The molecule has 35 heavy (non-hydrogen) atoms. The molecule has 0 aliphatic carbocycles. The number of fused-ring (bicyclic) bond motifs is 1. The molecule has 2 amide bonds. The Kier molecular flexibility index (Phi) is 7.49. The molecule has 6 nitrogen and oxygen atoms in total. The number of carbonyl (C=O) groups is 3. The number of ether oxygens (including phenoxy) is 1. The van der Waals surface area contributed by atoms with E-state index in [4.69, 9.17) is 0 Å². The number of Topliss-reactive ketones (excluding diaryl/α,β-unsaturated/α-hetero) is 1. The highest BCUT2D eigenvalue weighted by Gasteiger charge is 2.38. The molecule has 0 unspecified atom stereocenters. The van der Waals surface area contributed by atoms with Crippen LogP contribution in [0.4, 0.5) is 4.79 Å². The van der Waals surface area contributed by atoms with Crippen molar-refractivity contribution in [3.63, 3.8) is 0 Å². The predicted molar refractivity (Wildman–Crippen MR) is 137 cm³/mol. The Balaban J connectivity index is 1.48. The molecule has 1 heterocycles. The number of methoxy groups -OCH3 is 1. The number of rotatable bonds is 7. The van der Waals surface area contributed by atoms with Gasteiger partial charge in [-0.15, -0.1) is 0 Å². The van der Waals surface area contributed by atoms with E-state index in [9.17, 15) is 14.4 Å². The van der Waals surface area contributed by atoms with E-state index in [1.807, 2.05) is 38.1 Å². The van der Waals surface area contributed by atoms with E-state index >= 15 is 0 Å². The van der Waals surface area contributed by atoms with Crippen LogP contribution < -0.4 is 5.32 Å². The number of likely N-dealkylation sites (tertiary alicyclic amines) is 1. The molecule has 2 atom stereocenters. The van der Waals surface area contributed by atoms with Gasteiger partial charge in [0.25, 0.3) is 0 Å². The third-order valence-electron chi connectivity index (χ3n) is 6.69. The zero-order valence-electron chi connectivity index (χ0n) is 20.5. The van der Waals surface area contributed by atoms with Gasteiger partial charge in [-0.2, -0.15) is 0 Å². The summed E-state index contributed by atoms with van der Waals surface area (Å²) in [5, 5.41) is 4.82. The monoisotopic (exact) mass is 472 g/mol. The summed E-state index contributed by atoms with van der Waals surface area (Å²) in [6.07, 6.45) is 1.03. The van der Waals surface area contributed by atoms with Gasteiger partial charge >= 0.3 is 6.09 Å². The van der Waals surface area contributed by atoms with Gasteiger partial charge in [0.1, 0.15) is 6.04 Å². The number of hydrogen-bond acceptors (Lipinski definition) is 4. The Hall–Kier alpha value is -3.67. The fraction of sp³-hybridized carbons (Fsp3) is 0.345. The van der Waals surface area contributed by atoms with Crippen molar-refractivity contribution in [3.8, 4) is 11.1 Å². The number of ketones is 1. The van der Waals surface area contributed by atoms with Gasteiger partial charge < -0.3 is 15.0 Å². The summed E-state index contributed by atoms with van der Waals surface area (Å²) >= 11 is 0. The van der Waals surface area contributed by atoms with Crippen LogP contribution in [0, 0.1) is 5.92 Å². The maximum Gasteiger partial charge on any atom is 0.407 e. The third-order valence-corrected chi connectivity index (χ3v) is 6.69.